The minimum absolute atomic E-state index is 0.0630. The van der Waals surface area contributed by atoms with E-state index in [1.54, 1.807) is 4.90 Å². The molecule has 0 bridgehead atoms. The average Bonchev–Trinajstić information content (AvgIpc) is 2.38. The predicted octanol–water partition coefficient (Wildman–Crippen LogP) is 0.763. The van der Waals surface area contributed by atoms with Gasteiger partial charge in [0.05, 0.1) is 6.61 Å². The number of amides is 1. The lowest BCUT2D eigenvalue weighted by atomic mass is 10.1. The van der Waals surface area contributed by atoms with E-state index in [1.807, 2.05) is 30.3 Å². The quantitative estimate of drug-likeness (QED) is 0.584. The van der Waals surface area contributed by atoms with Crippen LogP contribution in [0, 0.1) is 0 Å². The van der Waals surface area contributed by atoms with Gasteiger partial charge in [-0.3, -0.25) is 4.79 Å². The van der Waals surface area contributed by atoms with Crippen molar-refractivity contribution in [2.75, 3.05) is 19.7 Å². The van der Waals surface area contributed by atoms with Crippen LogP contribution in [-0.4, -0.2) is 36.5 Å². The number of nitrogens with zero attached hydrogens (tertiary/aromatic N) is 1. The third-order valence-corrected chi connectivity index (χ3v) is 2.87. The molecule has 2 N–H and O–H groups in total. The molecule has 2 rings (SSSR count). The van der Waals surface area contributed by atoms with E-state index < -0.39 is 0 Å². The first-order valence-corrected chi connectivity index (χ1v) is 5.93. The molecule has 1 aliphatic heterocycles. The first-order chi connectivity index (χ1) is 8.27. The smallest absolute Gasteiger partial charge is 0.241 e. The Hall–Kier alpha value is -1.39. The summed E-state index contributed by atoms with van der Waals surface area (Å²) in [5.74, 6) is 0.0630. The molecule has 17 heavy (non-hydrogen) atoms. The summed E-state index contributed by atoms with van der Waals surface area (Å²) in [7, 11) is 0. The Morgan fingerprint density at radius 1 is 1.35 bits per heavy atom. The van der Waals surface area contributed by atoms with E-state index in [1.165, 1.54) is 5.56 Å². The number of carbonyl (C=O) groups excluding carboxylic acids is 1. The fourth-order valence-electron chi connectivity index (χ4n) is 1.85. The maximum atomic E-state index is 11.2. The molecule has 1 saturated heterocycles. The number of rotatable bonds is 6. The number of β-lactam (4-membered cyclic amide) rings is 1. The zero-order valence-electron chi connectivity index (χ0n) is 9.84. The van der Waals surface area contributed by atoms with Crippen LogP contribution < -0.4 is 5.73 Å². The molecule has 1 heterocycles. The van der Waals surface area contributed by atoms with Crippen LogP contribution in [0.5, 0.6) is 0 Å². The van der Waals surface area contributed by atoms with Crippen molar-refractivity contribution in [3.63, 3.8) is 0 Å². The molecule has 1 amide bonds. The normalized spacial score (nSPS) is 19.2. The molecule has 0 radical (unpaired) electrons. The zero-order valence-corrected chi connectivity index (χ0v) is 9.84. The molecule has 0 aromatic heterocycles. The first kappa shape index (κ1) is 12.1. The van der Waals surface area contributed by atoms with Crippen molar-refractivity contribution in [2.45, 2.75) is 19.1 Å². The standard InChI is InChI=1S/C13H18N2O2/c14-12-9-15(13(12)16)7-4-8-17-10-11-5-2-1-3-6-11/h1-3,5-6,12H,4,7-10,14H2. The zero-order chi connectivity index (χ0) is 12.1. The second-order valence-electron chi connectivity index (χ2n) is 4.28. The molecule has 1 fully saturated rings. The van der Waals surface area contributed by atoms with Gasteiger partial charge in [0.2, 0.25) is 5.91 Å². The van der Waals surface area contributed by atoms with Gasteiger partial charge in [0.15, 0.2) is 0 Å². The van der Waals surface area contributed by atoms with E-state index in [9.17, 15) is 4.79 Å². The van der Waals surface area contributed by atoms with Gasteiger partial charge in [0.25, 0.3) is 0 Å². The van der Waals surface area contributed by atoms with Gasteiger partial charge in [0, 0.05) is 19.7 Å². The van der Waals surface area contributed by atoms with Gasteiger partial charge in [-0.05, 0) is 12.0 Å². The summed E-state index contributed by atoms with van der Waals surface area (Å²) in [6.45, 7) is 2.75. The summed E-state index contributed by atoms with van der Waals surface area (Å²) in [4.78, 5) is 13.0. The topological polar surface area (TPSA) is 55.6 Å². The molecule has 4 heteroatoms. The average molecular weight is 234 g/mol. The van der Waals surface area contributed by atoms with E-state index in [2.05, 4.69) is 0 Å². The van der Waals surface area contributed by atoms with Gasteiger partial charge in [-0.25, -0.2) is 0 Å². The second-order valence-corrected chi connectivity index (χ2v) is 4.28. The van der Waals surface area contributed by atoms with Gasteiger partial charge < -0.3 is 15.4 Å². The summed E-state index contributed by atoms with van der Waals surface area (Å²) < 4.78 is 5.53. The van der Waals surface area contributed by atoms with Gasteiger partial charge in [0.1, 0.15) is 6.04 Å². The minimum Gasteiger partial charge on any atom is -0.377 e. The van der Waals surface area contributed by atoms with Crippen LogP contribution in [0.4, 0.5) is 0 Å². The summed E-state index contributed by atoms with van der Waals surface area (Å²) in [5, 5.41) is 0. The van der Waals surface area contributed by atoms with Crippen molar-refractivity contribution in [3.05, 3.63) is 35.9 Å². The Kier molecular flexibility index (Phi) is 4.12. The number of ether oxygens (including phenoxy) is 1. The Morgan fingerprint density at radius 3 is 2.76 bits per heavy atom. The number of hydrogen-bond donors (Lipinski definition) is 1. The molecule has 92 valence electrons. The van der Waals surface area contributed by atoms with Crippen LogP contribution in [0.2, 0.25) is 0 Å². The summed E-state index contributed by atoms with van der Waals surface area (Å²) >= 11 is 0. The highest BCUT2D eigenvalue weighted by Gasteiger charge is 2.32. The summed E-state index contributed by atoms with van der Waals surface area (Å²) in [5.41, 5.74) is 6.67. The highest BCUT2D eigenvalue weighted by atomic mass is 16.5. The molecule has 4 nitrogen and oxygen atoms in total. The Balaban J connectivity index is 1.54. The fraction of sp³-hybridized carbons (Fsp3) is 0.462. The Labute approximate surface area is 101 Å². The lowest BCUT2D eigenvalue weighted by molar-refractivity contribution is -0.142. The molecule has 1 atom stereocenters. The number of hydrogen-bond acceptors (Lipinski definition) is 3. The van der Waals surface area contributed by atoms with Crippen LogP contribution >= 0.6 is 0 Å². The van der Waals surface area contributed by atoms with Crippen molar-refractivity contribution in [2.24, 2.45) is 5.73 Å². The van der Waals surface area contributed by atoms with E-state index >= 15 is 0 Å². The van der Waals surface area contributed by atoms with Crippen LogP contribution in [0.25, 0.3) is 0 Å². The maximum absolute atomic E-state index is 11.2. The lowest BCUT2D eigenvalue weighted by Gasteiger charge is -2.36. The molecule has 0 spiro atoms. The number of likely N-dealkylation sites (tertiary alicyclic amines) is 1. The lowest BCUT2D eigenvalue weighted by Crippen LogP contribution is -2.61. The van der Waals surface area contributed by atoms with E-state index in [-0.39, 0.29) is 11.9 Å². The summed E-state index contributed by atoms with van der Waals surface area (Å²) in [6, 6.07) is 9.80. The monoisotopic (exact) mass is 234 g/mol. The fourth-order valence-corrected chi connectivity index (χ4v) is 1.85. The van der Waals surface area contributed by atoms with Crippen LogP contribution in [0.1, 0.15) is 12.0 Å². The van der Waals surface area contributed by atoms with E-state index in [0.29, 0.717) is 19.8 Å². The third kappa shape index (κ3) is 3.28. The first-order valence-electron chi connectivity index (χ1n) is 5.93. The van der Waals surface area contributed by atoms with E-state index in [4.69, 9.17) is 10.5 Å². The molecule has 0 aliphatic carbocycles. The van der Waals surface area contributed by atoms with Gasteiger partial charge >= 0.3 is 0 Å². The second kappa shape index (κ2) is 5.80. The Bertz CT molecular complexity index is 367. The third-order valence-electron chi connectivity index (χ3n) is 2.87. The van der Waals surface area contributed by atoms with Gasteiger partial charge in [-0.15, -0.1) is 0 Å². The number of benzene rings is 1. The van der Waals surface area contributed by atoms with Crippen molar-refractivity contribution < 1.29 is 9.53 Å². The summed E-state index contributed by atoms with van der Waals surface area (Å²) in [6.07, 6.45) is 0.866. The van der Waals surface area contributed by atoms with Crippen molar-refractivity contribution in [3.8, 4) is 0 Å². The molecule has 1 aromatic rings. The number of nitrogens with two attached hydrogens (primary N) is 1. The van der Waals surface area contributed by atoms with Gasteiger partial charge in [-0.2, -0.15) is 0 Å². The number of carbonyl (C=O) groups is 1. The SMILES string of the molecule is NC1CN(CCCOCc2ccccc2)C1=O. The van der Waals surface area contributed by atoms with Crippen LogP contribution in [0.15, 0.2) is 30.3 Å². The molecular weight excluding hydrogens is 216 g/mol. The maximum Gasteiger partial charge on any atom is 0.241 e. The Morgan fingerprint density at radius 2 is 2.12 bits per heavy atom. The van der Waals surface area contributed by atoms with E-state index in [0.717, 1.165) is 13.0 Å². The van der Waals surface area contributed by atoms with Crippen LogP contribution in [-0.2, 0) is 16.1 Å². The highest BCUT2D eigenvalue weighted by Crippen LogP contribution is 2.08. The van der Waals surface area contributed by atoms with Crippen molar-refractivity contribution >= 4 is 5.91 Å². The minimum atomic E-state index is -0.264. The molecule has 1 aliphatic rings. The molecule has 1 aromatic carbocycles. The van der Waals surface area contributed by atoms with Gasteiger partial charge in [-0.1, -0.05) is 30.3 Å². The van der Waals surface area contributed by atoms with Crippen LogP contribution in [0.3, 0.4) is 0 Å². The largest absolute Gasteiger partial charge is 0.377 e. The predicted molar refractivity (Wildman–Crippen MR) is 65.3 cm³/mol. The highest BCUT2D eigenvalue weighted by molar-refractivity contribution is 5.87. The van der Waals surface area contributed by atoms with Crippen molar-refractivity contribution in [1.82, 2.24) is 4.90 Å². The van der Waals surface area contributed by atoms with Crippen molar-refractivity contribution in [1.29, 1.82) is 0 Å². The molecule has 0 saturated carbocycles. The molecule has 1 unspecified atom stereocenters. The molecular formula is C13H18N2O2.